The molecule has 0 aromatic heterocycles. The van der Waals surface area contributed by atoms with Crippen molar-refractivity contribution < 1.29 is 14.3 Å². The van der Waals surface area contributed by atoms with Gasteiger partial charge in [-0.3, -0.25) is 4.79 Å². The monoisotopic (exact) mass is 298 g/mol. The molecule has 1 unspecified atom stereocenters. The fourth-order valence-electron chi connectivity index (χ4n) is 2.88. The van der Waals surface area contributed by atoms with Gasteiger partial charge in [-0.25, -0.2) is 0 Å². The summed E-state index contributed by atoms with van der Waals surface area (Å²) in [6.45, 7) is 8.77. The number of esters is 1. The van der Waals surface area contributed by atoms with Crippen molar-refractivity contribution in [2.75, 3.05) is 6.61 Å². The summed E-state index contributed by atoms with van der Waals surface area (Å²) in [5.41, 5.74) is -0.375. The van der Waals surface area contributed by atoms with Crippen molar-refractivity contribution in [3.8, 4) is 0 Å². The predicted octanol–water partition coefficient (Wildman–Crippen LogP) is 5.08. The van der Waals surface area contributed by atoms with Crippen LogP contribution in [0, 0.1) is 11.3 Å². The minimum absolute atomic E-state index is 0.114. The molecule has 21 heavy (non-hydrogen) atoms. The van der Waals surface area contributed by atoms with Crippen LogP contribution in [-0.2, 0) is 14.3 Å². The summed E-state index contributed by atoms with van der Waals surface area (Å²) in [4.78, 5) is 12.3. The maximum Gasteiger partial charge on any atom is 0.314 e. The molecule has 0 radical (unpaired) electrons. The van der Waals surface area contributed by atoms with Gasteiger partial charge >= 0.3 is 5.97 Å². The fourth-order valence-corrected chi connectivity index (χ4v) is 2.88. The molecular weight excluding hydrogens is 264 g/mol. The first kappa shape index (κ1) is 18.5. The van der Waals surface area contributed by atoms with Crippen molar-refractivity contribution in [2.24, 2.45) is 11.3 Å². The zero-order valence-electron chi connectivity index (χ0n) is 14.5. The molecule has 0 N–H and O–H groups in total. The summed E-state index contributed by atoms with van der Waals surface area (Å²) in [6, 6.07) is 0. The van der Waals surface area contributed by atoms with Gasteiger partial charge in [-0.15, -0.1) is 0 Å². The Balaban J connectivity index is 2.32. The van der Waals surface area contributed by atoms with Gasteiger partial charge in [-0.05, 0) is 32.1 Å². The van der Waals surface area contributed by atoms with E-state index in [0.29, 0.717) is 6.61 Å². The van der Waals surface area contributed by atoms with Crippen molar-refractivity contribution >= 4 is 5.97 Å². The Kier molecular flexibility index (Phi) is 8.31. The van der Waals surface area contributed by atoms with Crippen molar-refractivity contribution in [1.29, 1.82) is 0 Å². The Morgan fingerprint density at radius 3 is 2.29 bits per heavy atom. The number of carbonyl (C=O) groups is 1. The molecule has 0 aromatic carbocycles. The molecule has 0 aromatic rings. The largest absolute Gasteiger partial charge is 0.435 e. The van der Waals surface area contributed by atoms with Gasteiger partial charge in [0, 0.05) is 6.42 Å². The van der Waals surface area contributed by atoms with E-state index in [4.69, 9.17) is 9.47 Å². The van der Waals surface area contributed by atoms with E-state index in [2.05, 4.69) is 0 Å². The lowest BCUT2D eigenvalue weighted by molar-refractivity contribution is -0.191. The first-order chi connectivity index (χ1) is 10.1. The third-order valence-electron chi connectivity index (χ3n) is 5.18. The maximum absolute atomic E-state index is 12.3. The predicted molar refractivity (Wildman–Crippen MR) is 86.0 cm³/mol. The highest BCUT2D eigenvalue weighted by Crippen LogP contribution is 2.29. The molecule has 0 aliphatic heterocycles. The van der Waals surface area contributed by atoms with Crippen LogP contribution in [0.5, 0.6) is 0 Å². The summed E-state index contributed by atoms with van der Waals surface area (Å²) in [5, 5.41) is 0. The zero-order valence-corrected chi connectivity index (χ0v) is 14.5. The molecule has 1 aliphatic carbocycles. The fraction of sp³-hybridized carbons (Fsp3) is 0.944. The zero-order chi connectivity index (χ0) is 15.7. The smallest absolute Gasteiger partial charge is 0.314 e. The standard InChI is InChI=1S/C18H34O3/c1-5-16(21-17(19)18(4,6-2)7-3)20-14-13-15-11-9-8-10-12-15/h15-16H,5-14H2,1-4H3. The Morgan fingerprint density at radius 2 is 1.76 bits per heavy atom. The number of hydrogen-bond donors (Lipinski definition) is 0. The van der Waals surface area contributed by atoms with Crippen molar-refractivity contribution in [3.05, 3.63) is 0 Å². The molecule has 3 nitrogen and oxygen atoms in total. The minimum atomic E-state index is -0.376. The van der Waals surface area contributed by atoms with Crippen LogP contribution < -0.4 is 0 Å². The molecule has 0 spiro atoms. The topological polar surface area (TPSA) is 35.5 Å². The lowest BCUT2D eigenvalue weighted by Gasteiger charge is -2.28. The Labute approximate surface area is 130 Å². The van der Waals surface area contributed by atoms with E-state index >= 15 is 0 Å². The Morgan fingerprint density at radius 1 is 1.14 bits per heavy atom. The molecule has 0 amide bonds. The molecule has 1 atom stereocenters. The van der Waals surface area contributed by atoms with Gasteiger partial charge in [0.15, 0.2) is 0 Å². The average Bonchev–Trinajstić information content (AvgIpc) is 2.53. The van der Waals surface area contributed by atoms with Crippen LogP contribution in [0.4, 0.5) is 0 Å². The quantitative estimate of drug-likeness (QED) is 0.440. The molecule has 1 fully saturated rings. The van der Waals surface area contributed by atoms with E-state index in [0.717, 1.165) is 31.6 Å². The second-order valence-electron chi connectivity index (χ2n) is 6.67. The summed E-state index contributed by atoms with van der Waals surface area (Å²) < 4.78 is 11.4. The number of ether oxygens (including phenoxy) is 2. The first-order valence-corrected chi connectivity index (χ1v) is 8.88. The van der Waals surface area contributed by atoms with E-state index in [1.807, 2.05) is 27.7 Å². The lowest BCUT2D eigenvalue weighted by atomic mass is 9.85. The van der Waals surface area contributed by atoms with Crippen LogP contribution in [0.3, 0.4) is 0 Å². The van der Waals surface area contributed by atoms with E-state index in [1.165, 1.54) is 32.1 Å². The van der Waals surface area contributed by atoms with Crippen LogP contribution in [-0.4, -0.2) is 18.9 Å². The van der Waals surface area contributed by atoms with E-state index in [1.54, 1.807) is 0 Å². The van der Waals surface area contributed by atoms with Gasteiger partial charge in [0.1, 0.15) is 0 Å². The summed E-state index contributed by atoms with van der Waals surface area (Å²) >= 11 is 0. The minimum Gasteiger partial charge on any atom is -0.435 e. The summed E-state index contributed by atoms with van der Waals surface area (Å²) in [5.74, 6) is 0.695. The van der Waals surface area contributed by atoms with Gasteiger partial charge in [0.05, 0.1) is 12.0 Å². The highest BCUT2D eigenvalue weighted by molar-refractivity contribution is 5.76. The van der Waals surface area contributed by atoms with E-state index in [9.17, 15) is 4.79 Å². The number of rotatable bonds is 9. The molecule has 0 saturated heterocycles. The molecule has 1 saturated carbocycles. The maximum atomic E-state index is 12.3. The van der Waals surface area contributed by atoms with E-state index < -0.39 is 0 Å². The van der Waals surface area contributed by atoms with Gasteiger partial charge in [0.2, 0.25) is 6.29 Å². The van der Waals surface area contributed by atoms with E-state index in [-0.39, 0.29) is 17.7 Å². The lowest BCUT2D eigenvalue weighted by Crippen LogP contribution is -2.33. The number of carbonyl (C=O) groups excluding carboxylic acids is 1. The molecule has 124 valence electrons. The molecular formula is C18H34O3. The van der Waals surface area contributed by atoms with Crippen LogP contribution in [0.25, 0.3) is 0 Å². The van der Waals surface area contributed by atoms with Crippen molar-refractivity contribution in [2.45, 2.75) is 91.8 Å². The number of hydrogen-bond acceptors (Lipinski definition) is 3. The average molecular weight is 298 g/mol. The molecule has 3 heteroatoms. The van der Waals surface area contributed by atoms with Crippen LogP contribution in [0.15, 0.2) is 0 Å². The highest BCUT2D eigenvalue weighted by Gasteiger charge is 2.32. The van der Waals surface area contributed by atoms with Gasteiger partial charge < -0.3 is 9.47 Å². The Hall–Kier alpha value is -0.570. The second-order valence-corrected chi connectivity index (χ2v) is 6.67. The SMILES string of the molecule is CCC(OCCC1CCCCC1)OC(=O)C(C)(CC)CC. The molecule has 1 aliphatic rings. The first-order valence-electron chi connectivity index (χ1n) is 8.88. The van der Waals surface area contributed by atoms with Gasteiger partial charge in [-0.2, -0.15) is 0 Å². The van der Waals surface area contributed by atoms with Crippen LogP contribution >= 0.6 is 0 Å². The Bertz CT molecular complexity index is 291. The third-order valence-corrected chi connectivity index (χ3v) is 5.18. The summed E-state index contributed by atoms with van der Waals surface area (Å²) in [6.07, 6.45) is 9.85. The summed E-state index contributed by atoms with van der Waals surface area (Å²) in [7, 11) is 0. The second kappa shape index (κ2) is 9.45. The highest BCUT2D eigenvalue weighted by atomic mass is 16.7. The van der Waals surface area contributed by atoms with Gasteiger partial charge in [-0.1, -0.05) is 52.9 Å². The van der Waals surface area contributed by atoms with Crippen molar-refractivity contribution in [1.82, 2.24) is 0 Å². The van der Waals surface area contributed by atoms with Crippen LogP contribution in [0.2, 0.25) is 0 Å². The van der Waals surface area contributed by atoms with Crippen molar-refractivity contribution in [3.63, 3.8) is 0 Å². The molecule has 0 heterocycles. The van der Waals surface area contributed by atoms with Crippen LogP contribution in [0.1, 0.15) is 85.5 Å². The molecule has 0 bridgehead atoms. The van der Waals surface area contributed by atoms with Gasteiger partial charge in [0.25, 0.3) is 0 Å². The molecule has 1 rings (SSSR count). The normalized spacial score (nSPS) is 18.5. The third kappa shape index (κ3) is 5.98.